The van der Waals surface area contributed by atoms with Crippen molar-refractivity contribution in [1.29, 1.82) is 0 Å². The minimum atomic E-state index is -0.536. The summed E-state index contributed by atoms with van der Waals surface area (Å²) >= 11 is 6.04. The number of amides is 1. The lowest BCUT2D eigenvalue weighted by Gasteiger charge is -2.39. The van der Waals surface area contributed by atoms with Gasteiger partial charge in [0.15, 0.2) is 17.2 Å². The molecule has 0 bridgehead atoms. The van der Waals surface area contributed by atoms with E-state index < -0.39 is 6.10 Å². The maximum atomic E-state index is 13.5. The molecule has 1 N–H and O–H groups in total. The van der Waals surface area contributed by atoms with Crippen LogP contribution in [0.2, 0.25) is 5.02 Å². The molecule has 0 aliphatic carbocycles. The average Bonchev–Trinajstić information content (AvgIpc) is 3.20. The zero-order valence-electron chi connectivity index (χ0n) is 19.0. The molecule has 2 aromatic heterocycles. The van der Waals surface area contributed by atoms with E-state index in [0.717, 1.165) is 5.69 Å². The molecule has 1 amide bonds. The molecule has 1 saturated heterocycles. The molecular formula is C24H28ClN3O5. The average molecular weight is 474 g/mol. The van der Waals surface area contributed by atoms with E-state index in [4.69, 9.17) is 25.5 Å². The minimum Gasteiger partial charge on any atom is -0.493 e. The van der Waals surface area contributed by atoms with E-state index in [1.807, 2.05) is 13.0 Å². The van der Waals surface area contributed by atoms with Gasteiger partial charge in [-0.15, -0.1) is 0 Å². The predicted octanol–water partition coefficient (Wildman–Crippen LogP) is 3.67. The van der Waals surface area contributed by atoms with Crippen molar-refractivity contribution in [2.45, 2.75) is 51.4 Å². The molecule has 3 heterocycles. The van der Waals surface area contributed by atoms with Crippen LogP contribution in [-0.2, 0) is 17.6 Å². The monoisotopic (exact) mass is 473 g/mol. The van der Waals surface area contributed by atoms with E-state index in [9.17, 15) is 9.90 Å². The topological polar surface area (TPSA) is 97.9 Å². The summed E-state index contributed by atoms with van der Waals surface area (Å²) in [6, 6.07) is 6.75. The number of ether oxygens (including phenoxy) is 2. The van der Waals surface area contributed by atoms with Crippen molar-refractivity contribution < 1.29 is 23.8 Å². The summed E-state index contributed by atoms with van der Waals surface area (Å²) in [5.74, 6) is 0.828. The molecule has 1 fully saturated rings. The fourth-order valence-electron chi connectivity index (χ4n) is 4.10. The number of nitrogens with zero attached hydrogens (tertiary/aromatic N) is 3. The number of benzene rings is 1. The van der Waals surface area contributed by atoms with Crippen LogP contribution in [0.25, 0.3) is 11.1 Å². The Morgan fingerprint density at radius 1 is 1.36 bits per heavy atom. The summed E-state index contributed by atoms with van der Waals surface area (Å²) in [5, 5.41) is 10.5. The second kappa shape index (κ2) is 10.1. The van der Waals surface area contributed by atoms with Crippen molar-refractivity contribution in [2.75, 3.05) is 20.3 Å². The number of methoxy groups -OCH3 is 1. The molecule has 0 radical (unpaired) electrons. The molecule has 1 aromatic carbocycles. The number of carbonyl (C=O) groups is 1. The van der Waals surface area contributed by atoms with Gasteiger partial charge in [-0.1, -0.05) is 11.6 Å². The molecule has 1 aliphatic rings. The number of carbonyl (C=O) groups excluding carboxylic acids is 1. The lowest BCUT2D eigenvalue weighted by molar-refractivity contribution is -0.0535. The number of aliphatic hydroxyl groups is 1. The number of morpholine rings is 1. The van der Waals surface area contributed by atoms with Crippen molar-refractivity contribution in [3.8, 4) is 5.75 Å². The summed E-state index contributed by atoms with van der Waals surface area (Å²) in [5.41, 5.74) is 2.36. The highest BCUT2D eigenvalue weighted by Gasteiger charge is 2.32. The molecule has 33 heavy (non-hydrogen) atoms. The zero-order chi connectivity index (χ0) is 23.5. The van der Waals surface area contributed by atoms with Gasteiger partial charge in [-0.05, 0) is 51.0 Å². The number of fused-ring (bicyclic) bond motifs is 1. The molecule has 1 aliphatic heterocycles. The first kappa shape index (κ1) is 23.5. The number of pyridine rings is 1. The third-order valence-corrected chi connectivity index (χ3v) is 5.92. The van der Waals surface area contributed by atoms with Gasteiger partial charge < -0.3 is 23.9 Å². The lowest BCUT2D eigenvalue weighted by Crippen LogP contribution is -2.52. The summed E-state index contributed by atoms with van der Waals surface area (Å²) in [6.45, 7) is 4.49. The second-order valence-electron chi connectivity index (χ2n) is 8.44. The highest BCUT2D eigenvalue weighted by Crippen LogP contribution is 2.30. The van der Waals surface area contributed by atoms with Gasteiger partial charge in [0.25, 0.3) is 5.91 Å². The van der Waals surface area contributed by atoms with Gasteiger partial charge in [-0.25, -0.2) is 4.98 Å². The first-order chi connectivity index (χ1) is 15.8. The summed E-state index contributed by atoms with van der Waals surface area (Å²) < 4.78 is 17.2. The molecular weight excluding hydrogens is 446 g/mol. The van der Waals surface area contributed by atoms with Crippen molar-refractivity contribution in [3.63, 3.8) is 0 Å². The van der Waals surface area contributed by atoms with E-state index in [2.05, 4.69) is 9.97 Å². The molecule has 3 unspecified atom stereocenters. The number of aromatic nitrogens is 2. The molecule has 4 rings (SSSR count). The highest BCUT2D eigenvalue weighted by atomic mass is 35.5. The zero-order valence-corrected chi connectivity index (χ0v) is 19.7. The fourth-order valence-corrected chi connectivity index (χ4v) is 4.28. The van der Waals surface area contributed by atoms with Gasteiger partial charge in [0.05, 0.1) is 32.0 Å². The van der Waals surface area contributed by atoms with Crippen LogP contribution in [-0.4, -0.2) is 64.4 Å². The van der Waals surface area contributed by atoms with Gasteiger partial charge in [-0.2, -0.15) is 0 Å². The molecule has 3 atom stereocenters. The van der Waals surface area contributed by atoms with E-state index in [0.29, 0.717) is 65.7 Å². The predicted molar refractivity (Wildman–Crippen MR) is 124 cm³/mol. The van der Waals surface area contributed by atoms with Crippen LogP contribution in [0.3, 0.4) is 0 Å². The van der Waals surface area contributed by atoms with E-state index in [1.54, 1.807) is 36.2 Å². The molecule has 0 saturated carbocycles. The molecule has 3 aromatic rings. The first-order valence-corrected chi connectivity index (χ1v) is 11.4. The Morgan fingerprint density at radius 3 is 2.91 bits per heavy atom. The van der Waals surface area contributed by atoms with Crippen LogP contribution in [0, 0.1) is 0 Å². The van der Waals surface area contributed by atoms with Crippen LogP contribution in [0.15, 0.2) is 34.9 Å². The van der Waals surface area contributed by atoms with Gasteiger partial charge in [0.1, 0.15) is 5.52 Å². The summed E-state index contributed by atoms with van der Waals surface area (Å²) in [6.07, 6.45) is 2.65. The number of oxazole rings is 1. The Kier molecular flexibility index (Phi) is 7.17. The number of hydrogen-bond donors (Lipinski definition) is 1. The minimum absolute atomic E-state index is 0.0800. The third-order valence-electron chi connectivity index (χ3n) is 5.68. The van der Waals surface area contributed by atoms with Crippen molar-refractivity contribution in [2.24, 2.45) is 0 Å². The maximum absolute atomic E-state index is 13.5. The Labute approximate surface area is 197 Å². The van der Waals surface area contributed by atoms with Gasteiger partial charge in [0, 0.05) is 35.4 Å². The second-order valence-corrected chi connectivity index (χ2v) is 8.88. The standard InChI is InChI=1S/C24H28ClN3O5/c1-14(29)8-19-13-32-15(2)12-28(19)24(30)16-9-20-23(21(10-16)31-3)33-22(27-20)5-4-18-11-17(25)6-7-26-18/h6-7,9-11,14-15,19,29H,4-5,8,12-13H2,1-3H3. The number of aliphatic hydroxyl groups excluding tert-OH is 1. The number of hydrogen-bond acceptors (Lipinski definition) is 7. The highest BCUT2D eigenvalue weighted by molar-refractivity contribution is 6.30. The Balaban J connectivity index is 1.59. The quantitative estimate of drug-likeness (QED) is 0.559. The first-order valence-electron chi connectivity index (χ1n) is 11.0. The molecule has 0 spiro atoms. The SMILES string of the molecule is COc1cc(C(=O)N2CC(C)OCC2CC(C)O)cc2nc(CCc3cc(Cl)ccn3)oc12. The number of aryl methyl sites for hydroxylation is 2. The van der Waals surface area contributed by atoms with Gasteiger partial charge in [-0.3, -0.25) is 9.78 Å². The Morgan fingerprint density at radius 2 is 2.18 bits per heavy atom. The fraction of sp³-hybridized carbons (Fsp3) is 0.458. The molecule has 176 valence electrons. The van der Waals surface area contributed by atoms with Crippen molar-refractivity contribution in [3.05, 3.63) is 52.6 Å². The number of halogens is 1. The van der Waals surface area contributed by atoms with Crippen LogP contribution >= 0.6 is 11.6 Å². The van der Waals surface area contributed by atoms with Crippen LogP contribution in [0.4, 0.5) is 0 Å². The van der Waals surface area contributed by atoms with E-state index in [1.165, 1.54) is 7.11 Å². The van der Waals surface area contributed by atoms with Gasteiger partial charge >= 0.3 is 0 Å². The third kappa shape index (κ3) is 5.46. The summed E-state index contributed by atoms with van der Waals surface area (Å²) in [4.78, 5) is 24.1. The van der Waals surface area contributed by atoms with E-state index in [-0.39, 0.29) is 18.1 Å². The Hall–Kier alpha value is -2.68. The van der Waals surface area contributed by atoms with Crippen LogP contribution < -0.4 is 4.74 Å². The summed E-state index contributed by atoms with van der Waals surface area (Å²) in [7, 11) is 1.54. The van der Waals surface area contributed by atoms with Crippen molar-refractivity contribution >= 4 is 28.6 Å². The molecule has 9 heteroatoms. The maximum Gasteiger partial charge on any atom is 0.254 e. The van der Waals surface area contributed by atoms with Gasteiger partial charge in [0.2, 0.25) is 0 Å². The lowest BCUT2D eigenvalue weighted by atomic mass is 10.0. The van der Waals surface area contributed by atoms with Crippen LogP contribution in [0.5, 0.6) is 5.75 Å². The Bertz CT molecular complexity index is 1130. The van der Waals surface area contributed by atoms with Crippen LogP contribution in [0.1, 0.15) is 42.2 Å². The smallest absolute Gasteiger partial charge is 0.254 e. The van der Waals surface area contributed by atoms with E-state index >= 15 is 0 Å². The van der Waals surface area contributed by atoms with Crippen molar-refractivity contribution in [1.82, 2.24) is 14.9 Å². The largest absolute Gasteiger partial charge is 0.493 e. The normalized spacial score (nSPS) is 19.6. The molecule has 8 nitrogen and oxygen atoms in total. The number of rotatable bonds is 7.